The van der Waals surface area contributed by atoms with Gasteiger partial charge in [-0.2, -0.15) is 4.37 Å². The third kappa shape index (κ3) is 5.74. The maximum Gasteiger partial charge on any atom is 0.240 e. The third-order valence-electron chi connectivity index (χ3n) is 4.53. The molecule has 2 N–H and O–H groups in total. The minimum Gasteiger partial charge on any atom is -0.497 e. The van der Waals surface area contributed by atoms with Gasteiger partial charge in [0.2, 0.25) is 15.2 Å². The monoisotopic (exact) mass is 450 g/mol. The lowest BCUT2D eigenvalue weighted by Gasteiger charge is -2.22. The minimum atomic E-state index is -3.68. The summed E-state index contributed by atoms with van der Waals surface area (Å²) in [5, 5.41) is 3.75. The molecule has 0 aliphatic carbocycles. The third-order valence-corrected chi connectivity index (χ3v) is 6.79. The highest BCUT2D eigenvalue weighted by Gasteiger charge is 2.22. The van der Waals surface area contributed by atoms with Gasteiger partial charge in [-0.25, -0.2) is 22.5 Å². The standard InChI is InChI=1S/C20H23FN4O3S2/c1-13(14(2)25-30(26,27)18-9-7-17(28-3)8-10-18)22-20-23-19(24-29-20)12-15-5-4-6-16(21)11-15/h4-11,13-14,25H,12H2,1-3H3,(H,22,23,24). The smallest absolute Gasteiger partial charge is 0.240 e. The Labute approximate surface area is 179 Å². The topological polar surface area (TPSA) is 93.2 Å². The molecule has 2 unspecified atom stereocenters. The van der Waals surface area contributed by atoms with E-state index in [1.54, 1.807) is 25.1 Å². The number of nitrogens with one attached hydrogen (secondary N) is 2. The van der Waals surface area contributed by atoms with Crippen LogP contribution in [0.2, 0.25) is 0 Å². The first-order valence-electron chi connectivity index (χ1n) is 9.27. The number of ether oxygens (including phenoxy) is 1. The first kappa shape index (κ1) is 22.1. The number of hydrogen-bond acceptors (Lipinski definition) is 7. The molecule has 1 aromatic heterocycles. The number of methoxy groups -OCH3 is 1. The van der Waals surface area contributed by atoms with Crippen LogP contribution in [-0.4, -0.2) is 37.0 Å². The number of nitrogens with zero attached hydrogens (tertiary/aromatic N) is 2. The lowest BCUT2D eigenvalue weighted by molar-refractivity contribution is 0.414. The molecule has 0 spiro atoms. The summed E-state index contributed by atoms with van der Waals surface area (Å²) in [6, 6.07) is 11.8. The molecule has 0 aliphatic rings. The van der Waals surface area contributed by atoms with Crippen LogP contribution in [0.25, 0.3) is 0 Å². The maximum atomic E-state index is 13.3. The number of sulfonamides is 1. The quantitative estimate of drug-likeness (QED) is 0.519. The van der Waals surface area contributed by atoms with Crippen molar-refractivity contribution in [3.05, 3.63) is 65.7 Å². The van der Waals surface area contributed by atoms with Gasteiger partial charge in [-0.1, -0.05) is 12.1 Å². The molecule has 1 heterocycles. The summed E-state index contributed by atoms with van der Waals surface area (Å²) in [6.45, 7) is 3.63. The molecule has 0 saturated carbocycles. The Balaban J connectivity index is 1.59. The van der Waals surface area contributed by atoms with E-state index < -0.39 is 16.1 Å². The number of rotatable bonds is 9. The van der Waals surface area contributed by atoms with Gasteiger partial charge in [-0.05, 0) is 55.8 Å². The van der Waals surface area contributed by atoms with E-state index >= 15 is 0 Å². The Morgan fingerprint density at radius 2 is 1.87 bits per heavy atom. The van der Waals surface area contributed by atoms with Gasteiger partial charge in [-0.15, -0.1) is 0 Å². The normalized spacial score (nSPS) is 13.6. The van der Waals surface area contributed by atoms with Crippen molar-refractivity contribution in [1.82, 2.24) is 14.1 Å². The summed E-state index contributed by atoms with van der Waals surface area (Å²) in [6.07, 6.45) is 0.421. The molecule has 0 fully saturated rings. The van der Waals surface area contributed by atoms with Gasteiger partial charge in [0, 0.05) is 30.0 Å². The van der Waals surface area contributed by atoms with E-state index in [-0.39, 0.29) is 16.8 Å². The molecular formula is C20H23FN4O3S2. The second-order valence-corrected chi connectivity index (χ2v) is 9.31. The number of halogens is 1. The van der Waals surface area contributed by atoms with Crippen LogP contribution in [0.4, 0.5) is 9.52 Å². The second-order valence-electron chi connectivity index (χ2n) is 6.84. The average molecular weight is 451 g/mol. The van der Waals surface area contributed by atoms with Gasteiger partial charge in [0.15, 0.2) is 0 Å². The molecule has 0 amide bonds. The van der Waals surface area contributed by atoms with Crippen LogP contribution in [0.15, 0.2) is 53.4 Å². The molecule has 3 aromatic rings. The molecular weight excluding hydrogens is 427 g/mol. The van der Waals surface area contributed by atoms with Gasteiger partial charge in [0.1, 0.15) is 17.4 Å². The Kier molecular flexibility index (Phi) is 7.01. The van der Waals surface area contributed by atoms with Gasteiger partial charge < -0.3 is 10.1 Å². The predicted octanol–water partition coefficient (Wildman–Crippen LogP) is 3.44. The molecule has 30 heavy (non-hydrogen) atoms. The first-order valence-corrected chi connectivity index (χ1v) is 11.5. The molecule has 0 aliphatic heterocycles. The van der Waals surface area contributed by atoms with Crippen LogP contribution in [0.1, 0.15) is 25.2 Å². The zero-order valence-electron chi connectivity index (χ0n) is 16.8. The van der Waals surface area contributed by atoms with E-state index in [1.807, 2.05) is 13.0 Å². The maximum absolute atomic E-state index is 13.3. The van der Waals surface area contributed by atoms with Gasteiger partial charge in [-0.3, -0.25) is 0 Å². The Morgan fingerprint density at radius 3 is 2.53 bits per heavy atom. The number of aromatic nitrogens is 2. The fraction of sp³-hybridized carbons (Fsp3) is 0.300. The fourth-order valence-electron chi connectivity index (χ4n) is 2.70. The van der Waals surface area contributed by atoms with Crippen LogP contribution < -0.4 is 14.8 Å². The zero-order valence-corrected chi connectivity index (χ0v) is 18.4. The van der Waals surface area contributed by atoms with E-state index in [9.17, 15) is 12.8 Å². The lowest BCUT2D eigenvalue weighted by Crippen LogP contribution is -2.43. The highest BCUT2D eigenvalue weighted by Crippen LogP contribution is 2.18. The van der Waals surface area contributed by atoms with E-state index in [2.05, 4.69) is 19.4 Å². The van der Waals surface area contributed by atoms with E-state index in [0.717, 1.165) is 5.56 Å². The van der Waals surface area contributed by atoms with Crippen molar-refractivity contribution in [3.8, 4) is 5.75 Å². The minimum absolute atomic E-state index is 0.163. The van der Waals surface area contributed by atoms with Crippen LogP contribution in [0.3, 0.4) is 0 Å². The SMILES string of the molecule is COc1ccc(S(=O)(=O)NC(C)C(C)Nc2nc(Cc3cccc(F)c3)ns2)cc1. The van der Waals surface area contributed by atoms with Crippen molar-refractivity contribution < 1.29 is 17.5 Å². The average Bonchev–Trinajstić information content (AvgIpc) is 3.14. The molecule has 0 bridgehead atoms. The molecule has 160 valence electrons. The molecule has 3 rings (SSSR count). The molecule has 2 aromatic carbocycles. The van der Waals surface area contributed by atoms with Crippen molar-refractivity contribution in [1.29, 1.82) is 0 Å². The summed E-state index contributed by atoms with van der Waals surface area (Å²) in [7, 11) is -2.15. The summed E-state index contributed by atoms with van der Waals surface area (Å²) >= 11 is 1.18. The number of benzene rings is 2. The van der Waals surface area contributed by atoms with Crippen LogP contribution in [0, 0.1) is 5.82 Å². The van der Waals surface area contributed by atoms with E-state index in [1.165, 1.54) is 42.9 Å². The van der Waals surface area contributed by atoms with Crippen molar-refractivity contribution in [2.75, 3.05) is 12.4 Å². The van der Waals surface area contributed by atoms with Crippen molar-refractivity contribution in [3.63, 3.8) is 0 Å². The second kappa shape index (κ2) is 9.50. The molecule has 2 atom stereocenters. The van der Waals surface area contributed by atoms with Crippen molar-refractivity contribution in [2.24, 2.45) is 0 Å². The Bertz CT molecular complexity index is 1090. The summed E-state index contributed by atoms with van der Waals surface area (Å²) in [5.41, 5.74) is 0.785. The number of anilines is 1. The summed E-state index contributed by atoms with van der Waals surface area (Å²) < 4.78 is 50.5. The van der Waals surface area contributed by atoms with E-state index in [0.29, 0.717) is 23.1 Å². The summed E-state index contributed by atoms with van der Waals surface area (Å²) in [4.78, 5) is 4.58. The highest BCUT2D eigenvalue weighted by molar-refractivity contribution is 7.89. The van der Waals surface area contributed by atoms with Crippen molar-refractivity contribution >= 4 is 26.7 Å². The van der Waals surface area contributed by atoms with Gasteiger partial charge in [0.25, 0.3) is 0 Å². The Hall–Kier alpha value is -2.56. The van der Waals surface area contributed by atoms with Gasteiger partial charge in [0.05, 0.1) is 12.0 Å². The van der Waals surface area contributed by atoms with Crippen LogP contribution in [-0.2, 0) is 16.4 Å². The Morgan fingerprint density at radius 1 is 1.13 bits per heavy atom. The van der Waals surface area contributed by atoms with Gasteiger partial charge >= 0.3 is 0 Å². The fourth-order valence-corrected chi connectivity index (χ4v) is 4.71. The zero-order chi connectivity index (χ0) is 21.7. The van der Waals surface area contributed by atoms with Crippen LogP contribution >= 0.6 is 11.5 Å². The highest BCUT2D eigenvalue weighted by atomic mass is 32.2. The first-order chi connectivity index (χ1) is 14.3. The van der Waals surface area contributed by atoms with E-state index in [4.69, 9.17) is 4.74 Å². The van der Waals surface area contributed by atoms with Crippen LogP contribution in [0.5, 0.6) is 5.75 Å². The molecule has 7 nitrogen and oxygen atoms in total. The summed E-state index contributed by atoms with van der Waals surface area (Å²) in [5.74, 6) is 0.863. The lowest BCUT2D eigenvalue weighted by atomic mass is 10.1. The largest absolute Gasteiger partial charge is 0.497 e. The molecule has 0 saturated heterocycles. The molecule has 10 heteroatoms. The predicted molar refractivity (Wildman–Crippen MR) is 115 cm³/mol. The van der Waals surface area contributed by atoms with Crippen molar-refractivity contribution in [2.45, 2.75) is 37.2 Å². The number of hydrogen-bond donors (Lipinski definition) is 2. The molecule has 0 radical (unpaired) electrons.